The Bertz CT molecular complexity index is 481. The number of carbonyl (C=O) groups is 2. The highest BCUT2D eigenvalue weighted by Gasteiger charge is 2.28. The monoisotopic (exact) mass is 270 g/mol. The van der Waals surface area contributed by atoms with Gasteiger partial charge in [0.2, 0.25) is 5.75 Å². The van der Waals surface area contributed by atoms with Crippen molar-refractivity contribution in [2.24, 2.45) is 5.92 Å². The fourth-order valence-electron chi connectivity index (χ4n) is 1.62. The molecule has 1 aromatic rings. The Hall–Kier alpha value is -2.44. The summed E-state index contributed by atoms with van der Waals surface area (Å²) < 4.78 is 9.89. The van der Waals surface area contributed by atoms with Gasteiger partial charge in [0.25, 0.3) is 0 Å². The molecule has 0 saturated carbocycles. The first-order chi connectivity index (χ1) is 8.92. The third-order valence-corrected chi connectivity index (χ3v) is 2.62. The van der Waals surface area contributed by atoms with Crippen molar-refractivity contribution in [2.45, 2.75) is 6.42 Å². The number of methoxy groups -OCH3 is 2. The average molecular weight is 270 g/mol. The van der Waals surface area contributed by atoms with Crippen LogP contribution in [-0.4, -0.2) is 41.5 Å². The van der Waals surface area contributed by atoms with E-state index in [4.69, 9.17) is 19.7 Å². The number of phenols is 1. The van der Waals surface area contributed by atoms with Gasteiger partial charge in [0.1, 0.15) is 0 Å². The second-order valence-corrected chi connectivity index (χ2v) is 3.74. The predicted octanol–water partition coefficient (Wildman–Crippen LogP) is 0.737. The van der Waals surface area contributed by atoms with Crippen molar-refractivity contribution >= 4 is 11.9 Å². The van der Waals surface area contributed by atoms with Crippen LogP contribution in [0.4, 0.5) is 0 Å². The molecule has 0 spiro atoms. The van der Waals surface area contributed by atoms with Gasteiger partial charge >= 0.3 is 11.9 Å². The van der Waals surface area contributed by atoms with E-state index in [9.17, 15) is 14.7 Å². The van der Waals surface area contributed by atoms with E-state index in [0.29, 0.717) is 0 Å². The highest BCUT2D eigenvalue weighted by atomic mass is 16.5. The molecule has 0 radical (unpaired) electrons. The van der Waals surface area contributed by atoms with E-state index < -0.39 is 17.9 Å². The largest absolute Gasteiger partial charge is 0.504 e. The molecule has 0 heterocycles. The maximum Gasteiger partial charge on any atom is 0.318 e. The van der Waals surface area contributed by atoms with Crippen molar-refractivity contribution < 1.29 is 34.4 Å². The van der Waals surface area contributed by atoms with Crippen LogP contribution in [-0.2, 0) is 16.0 Å². The van der Waals surface area contributed by atoms with E-state index >= 15 is 0 Å². The van der Waals surface area contributed by atoms with Crippen LogP contribution < -0.4 is 9.47 Å². The van der Waals surface area contributed by atoms with Gasteiger partial charge in [-0.2, -0.15) is 0 Å². The molecule has 19 heavy (non-hydrogen) atoms. The van der Waals surface area contributed by atoms with Crippen LogP contribution in [0.3, 0.4) is 0 Å². The summed E-state index contributed by atoms with van der Waals surface area (Å²) in [6.07, 6.45) is -0.350. The first-order valence-electron chi connectivity index (χ1n) is 5.30. The van der Waals surface area contributed by atoms with E-state index in [2.05, 4.69) is 0 Å². The van der Waals surface area contributed by atoms with Gasteiger partial charge in [-0.1, -0.05) is 6.07 Å². The van der Waals surface area contributed by atoms with Gasteiger partial charge in [-0.3, -0.25) is 9.59 Å². The summed E-state index contributed by atoms with van der Waals surface area (Å²) in [5.74, 6) is -4.60. The van der Waals surface area contributed by atoms with Crippen molar-refractivity contribution in [2.75, 3.05) is 14.2 Å². The lowest BCUT2D eigenvalue weighted by Crippen LogP contribution is -2.25. The molecule has 0 aliphatic heterocycles. The molecule has 104 valence electrons. The van der Waals surface area contributed by atoms with E-state index in [-0.39, 0.29) is 29.2 Å². The zero-order chi connectivity index (χ0) is 14.6. The number of ether oxygens (including phenoxy) is 2. The SMILES string of the molecule is COc1ccc(CC(C(=O)O)C(=O)O)c(O)c1OC. The van der Waals surface area contributed by atoms with Crippen LogP contribution in [0.15, 0.2) is 12.1 Å². The Labute approximate surface area is 109 Å². The fourth-order valence-corrected chi connectivity index (χ4v) is 1.62. The number of benzene rings is 1. The standard InChI is InChI=1S/C12H14O7/c1-18-8-4-3-6(9(13)10(8)19-2)5-7(11(14)15)12(16)17/h3-4,7,13H,5H2,1-2H3,(H,14,15)(H,16,17). The van der Waals surface area contributed by atoms with Crippen LogP contribution in [0.25, 0.3) is 0 Å². The second kappa shape index (κ2) is 5.94. The van der Waals surface area contributed by atoms with Gasteiger partial charge < -0.3 is 24.8 Å². The molecule has 0 unspecified atom stereocenters. The van der Waals surface area contributed by atoms with Crippen LogP contribution in [0.1, 0.15) is 5.56 Å². The third kappa shape index (κ3) is 3.06. The Morgan fingerprint density at radius 1 is 1.16 bits per heavy atom. The summed E-state index contributed by atoms with van der Waals surface area (Å²) in [7, 11) is 2.70. The molecule has 1 rings (SSSR count). The molecule has 0 amide bonds. The predicted molar refractivity (Wildman–Crippen MR) is 63.7 cm³/mol. The van der Waals surface area contributed by atoms with Crippen LogP contribution in [0, 0.1) is 5.92 Å². The number of hydrogen-bond donors (Lipinski definition) is 3. The molecule has 0 aliphatic carbocycles. The minimum atomic E-state index is -1.64. The topological polar surface area (TPSA) is 113 Å². The van der Waals surface area contributed by atoms with Crippen LogP contribution >= 0.6 is 0 Å². The minimum absolute atomic E-state index is 0.0366. The van der Waals surface area contributed by atoms with E-state index in [1.807, 2.05) is 0 Å². The fraction of sp³-hybridized carbons (Fsp3) is 0.333. The first-order valence-corrected chi connectivity index (χ1v) is 5.30. The minimum Gasteiger partial charge on any atom is -0.504 e. The lowest BCUT2D eigenvalue weighted by Gasteiger charge is -2.14. The summed E-state index contributed by atoms with van der Waals surface area (Å²) in [6, 6.07) is 2.87. The number of phenolic OH excluding ortho intramolecular Hbond substituents is 1. The summed E-state index contributed by atoms with van der Waals surface area (Å²) in [4.78, 5) is 21.6. The molecular formula is C12H14O7. The number of rotatable bonds is 6. The second-order valence-electron chi connectivity index (χ2n) is 3.74. The number of aliphatic carboxylic acids is 2. The van der Waals surface area contributed by atoms with Gasteiger partial charge in [0.05, 0.1) is 14.2 Å². The smallest absolute Gasteiger partial charge is 0.318 e. The third-order valence-electron chi connectivity index (χ3n) is 2.62. The Morgan fingerprint density at radius 3 is 2.16 bits per heavy atom. The molecule has 0 bridgehead atoms. The molecule has 0 atom stereocenters. The molecule has 1 aromatic carbocycles. The van der Waals surface area contributed by atoms with E-state index in [1.54, 1.807) is 0 Å². The molecular weight excluding hydrogens is 256 g/mol. The van der Waals surface area contributed by atoms with Crippen molar-refractivity contribution in [1.29, 1.82) is 0 Å². The zero-order valence-electron chi connectivity index (χ0n) is 10.4. The molecule has 7 nitrogen and oxygen atoms in total. The summed E-state index contributed by atoms with van der Waals surface area (Å²) >= 11 is 0. The first kappa shape index (κ1) is 14.6. The van der Waals surface area contributed by atoms with Crippen molar-refractivity contribution in [3.05, 3.63) is 17.7 Å². The van der Waals surface area contributed by atoms with Gasteiger partial charge in [0, 0.05) is 6.42 Å². The molecule has 0 fully saturated rings. The van der Waals surface area contributed by atoms with Gasteiger partial charge in [-0.15, -0.1) is 0 Å². The van der Waals surface area contributed by atoms with Crippen molar-refractivity contribution in [3.63, 3.8) is 0 Å². The average Bonchev–Trinajstić information content (AvgIpc) is 2.35. The quantitative estimate of drug-likeness (QED) is 0.653. The molecule has 0 saturated heterocycles. The van der Waals surface area contributed by atoms with Crippen LogP contribution in [0.2, 0.25) is 0 Å². The summed E-state index contributed by atoms with van der Waals surface area (Å²) in [6.45, 7) is 0. The Kier molecular flexibility index (Phi) is 4.57. The molecule has 3 N–H and O–H groups in total. The van der Waals surface area contributed by atoms with Crippen molar-refractivity contribution in [3.8, 4) is 17.2 Å². The molecule has 0 aliphatic rings. The maximum absolute atomic E-state index is 10.8. The number of aromatic hydroxyl groups is 1. The van der Waals surface area contributed by atoms with Crippen molar-refractivity contribution in [1.82, 2.24) is 0 Å². The maximum atomic E-state index is 10.8. The van der Waals surface area contributed by atoms with E-state index in [0.717, 1.165) is 0 Å². The van der Waals surface area contributed by atoms with Crippen LogP contribution in [0.5, 0.6) is 17.2 Å². The Morgan fingerprint density at radius 2 is 1.74 bits per heavy atom. The van der Waals surface area contributed by atoms with Gasteiger partial charge in [-0.25, -0.2) is 0 Å². The van der Waals surface area contributed by atoms with Gasteiger partial charge in [0.15, 0.2) is 17.4 Å². The highest BCUT2D eigenvalue weighted by molar-refractivity contribution is 5.93. The summed E-state index contributed by atoms with van der Waals surface area (Å²) in [5, 5.41) is 27.5. The highest BCUT2D eigenvalue weighted by Crippen LogP contribution is 2.39. The zero-order valence-corrected chi connectivity index (χ0v) is 10.4. The molecule has 0 aromatic heterocycles. The Balaban J connectivity index is 3.15. The number of carboxylic acids is 2. The normalized spacial score (nSPS) is 10.3. The lowest BCUT2D eigenvalue weighted by atomic mass is 9.98. The molecule has 7 heteroatoms. The summed E-state index contributed by atoms with van der Waals surface area (Å²) in [5.41, 5.74) is 0.160. The number of carboxylic acid groups (broad SMARTS) is 2. The van der Waals surface area contributed by atoms with E-state index in [1.165, 1.54) is 26.4 Å². The lowest BCUT2D eigenvalue weighted by molar-refractivity contribution is -0.154. The van der Waals surface area contributed by atoms with Gasteiger partial charge in [-0.05, 0) is 11.6 Å². The number of hydrogen-bond acceptors (Lipinski definition) is 5.